The number of aliphatic hydroxyl groups excluding tert-OH is 1. The number of aliphatic hydroxyl groups is 1. The van der Waals surface area contributed by atoms with Crippen molar-refractivity contribution in [1.82, 2.24) is 24.8 Å². The Morgan fingerprint density at radius 3 is 2.71 bits per heavy atom. The summed E-state index contributed by atoms with van der Waals surface area (Å²) in [5, 5.41) is 14.1. The van der Waals surface area contributed by atoms with Crippen molar-refractivity contribution in [1.29, 1.82) is 0 Å². The summed E-state index contributed by atoms with van der Waals surface area (Å²) >= 11 is 0. The lowest BCUT2D eigenvalue weighted by atomic mass is 9.95. The summed E-state index contributed by atoms with van der Waals surface area (Å²) in [6.07, 6.45) is 6.29. The van der Waals surface area contributed by atoms with Crippen LogP contribution in [0.5, 0.6) is 0 Å². The molecule has 0 unspecified atom stereocenters. The van der Waals surface area contributed by atoms with E-state index in [1.807, 2.05) is 37.1 Å². The van der Waals surface area contributed by atoms with E-state index >= 15 is 0 Å². The van der Waals surface area contributed by atoms with E-state index in [4.69, 9.17) is 5.73 Å². The van der Waals surface area contributed by atoms with Gasteiger partial charge in [0.2, 0.25) is 11.9 Å². The lowest BCUT2D eigenvalue weighted by Gasteiger charge is -2.32. The maximum Gasteiger partial charge on any atom is 0.241 e. The number of nitrogen functional groups attached to an aromatic ring is 1. The lowest BCUT2D eigenvalue weighted by molar-refractivity contribution is -0.129. The van der Waals surface area contributed by atoms with Crippen molar-refractivity contribution < 1.29 is 9.90 Å². The molecule has 1 amide bonds. The molecule has 1 saturated heterocycles. The van der Waals surface area contributed by atoms with Gasteiger partial charge in [-0.3, -0.25) is 9.78 Å². The first-order valence-electron chi connectivity index (χ1n) is 11.6. The second-order valence-electron chi connectivity index (χ2n) is 9.11. The Hall–Kier alpha value is -3.53. The van der Waals surface area contributed by atoms with E-state index in [2.05, 4.69) is 32.2 Å². The Balaban J connectivity index is 1.60. The van der Waals surface area contributed by atoms with Gasteiger partial charge in [0.1, 0.15) is 11.6 Å². The fourth-order valence-corrected chi connectivity index (χ4v) is 4.01. The van der Waals surface area contributed by atoms with Crippen LogP contribution >= 0.6 is 0 Å². The number of amides is 1. The molecule has 34 heavy (non-hydrogen) atoms. The zero-order valence-corrected chi connectivity index (χ0v) is 20.0. The third-order valence-corrected chi connectivity index (χ3v) is 6.27. The molecule has 0 bridgehead atoms. The first kappa shape index (κ1) is 23.6. The number of carbonyl (C=O) groups is 1. The highest BCUT2D eigenvalue weighted by Gasteiger charge is 2.25. The third kappa shape index (κ3) is 5.01. The van der Waals surface area contributed by atoms with Crippen LogP contribution in [0.2, 0.25) is 0 Å². The highest BCUT2D eigenvalue weighted by atomic mass is 16.3. The average Bonchev–Trinajstić information content (AvgIpc) is 2.84. The van der Waals surface area contributed by atoms with Crippen molar-refractivity contribution in [2.24, 2.45) is 0 Å². The highest BCUT2D eigenvalue weighted by Crippen LogP contribution is 2.29. The number of piperazine rings is 1. The molecular formula is C24H32N8O2. The number of unbranched alkanes of at least 4 members (excludes halogenated alkanes) is 1. The SMILES string of the molecule is CCCC[C@](C)(CO)Nc1nc(N)nc2cc(-c3ccc(N4CCN(C)C(=O)C4)nc3)ncc12. The number of nitrogens with zero attached hydrogens (tertiary/aromatic N) is 6. The summed E-state index contributed by atoms with van der Waals surface area (Å²) in [6, 6.07) is 5.70. The van der Waals surface area contributed by atoms with Crippen molar-refractivity contribution in [3.63, 3.8) is 0 Å². The fourth-order valence-electron chi connectivity index (χ4n) is 4.01. The van der Waals surface area contributed by atoms with Crippen LogP contribution in [0, 0.1) is 0 Å². The molecule has 1 fully saturated rings. The minimum absolute atomic E-state index is 0.0270. The molecule has 3 aromatic heterocycles. The topological polar surface area (TPSA) is 133 Å². The van der Waals surface area contributed by atoms with Gasteiger partial charge in [0.25, 0.3) is 0 Å². The van der Waals surface area contributed by atoms with Gasteiger partial charge >= 0.3 is 0 Å². The number of anilines is 3. The van der Waals surface area contributed by atoms with Crippen molar-refractivity contribution in [3.05, 3.63) is 30.6 Å². The number of fused-ring (bicyclic) bond motifs is 1. The number of carbonyl (C=O) groups excluding carboxylic acids is 1. The fraction of sp³-hybridized carbons (Fsp3) is 0.458. The Bertz CT molecular complexity index is 1170. The molecule has 180 valence electrons. The molecule has 1 aliphatic rings. The molecule has 4 heterocycles. The van der Waals surface area contributed by atoms with Gasteiger partial charge in [-0.25, -0.2) is 9.97 Å². The second-order valence-corrected chi connectivity index (χ2v) is 9.11. The maximum atomic E-state index is 12.0. The maximum absolute atomic E-state index is 12.0. The van der Waals surface area contributed by atoms with Crippen LogP contribution < -0.4 is 16.0 Å². The lowest BCUT2D eigenvalue weighted by Crippen LogP contribution is -2.48. The van der Waals surface area contributed by atoms with Gasteiger partial charge in [-0.05, 0) is 31.5 Å². The Labute approximate surface area is 199 Å². The molecule has 10 heteroatoms. The first-order valence-corrected chi connectivity index (χ1v) is 11.6. The number of likely N-dealkylation sites (N-methyl/N-ethyl adjacent to an activating group) is 1. The van der Waals surface area contributed by atoms with Crippen LogP contribution in [-0.4, -0.2) is 74.7 Å². The Kier molecular flexibility index (Phi) is 6.78. The highest BCUT2D eigenvalue weighted by molar-refractivity contribution is 5.91. The second kappa shape index (κ2) is 9.76. The molecule has 0 radical (unpaired) electrons. The van der Waals surface area contributed by atoms with E-state index in [0.717, 1.165) is 42.6 Å². The third-order valence-electron chi connectivity index (χ3n) is 6.27. The molecule has 3 aromatic rings. The molecule has 0 spiro atoms. The van der Waals surface area contributed by atoms with Crippen molar-refractivity contribution in [2.45, 2.75) is 38.6 Å². The van der Waals surface area contributed by atoms with Crippen LogP contribution in [0.3, 0.4) is 0 Å². The van der Waals surface area contributed by atoms with E-state index in [1.165, 1.54) is 0 Å². The van der Waals surface area contributed by atoms with Crippen LogP contribution in [0.4, 0.5) is 17.6 Å². The molecule has 10 nitrogen and oxygen atoms in total. The van der Waals surface area contributed by atoms with E-state index in [1.54, 1.807) is 17.3 Å². The average molecular weight is 465 g/mol. The van der Waals surface area contributed by atoms with Gasteiger partial charge in [-0.1, -0.05) is 19.8 Å². The summed E-state index contributed by atoms with van der Waals surface area (Å²) in [5.41, 5.74) is 7.68. The zero-order valence-electron chi connectivity index (χ0n) is 20.0. The minimum atomic E-state index is -0.521. The van der Waals surface area contributed by atoms with Crippen molar-refractivity contribution >= 4 is 34.4 Å². The molecule has 1 aliphatic heterocycles. The summed E-state index contributed by atoms with van der Waals surface area (Å²) in [7, 11) is 1.81. The number of hydrogen-bond acceptors (Lipinski definition) is 9. The number of nitrogens with two attached hydrogens (primary N) is 1. The molecule has 0 aliphatic carbocycles. The predicted molar refractivity (Wildman–Crippen MR) is 133 cm³/mol. The Morgan fingerprint density at radius 2 is 2.03 bits per heavy atom. The van der Waals surface area contributed by atoms with Gasteiger partial charge in [0, 0.05) is 38.1 Å². The monoisotopic (exact) mass is 464 g/mol. The smallest absolute Gasteiger partial charge is 0.241 e. The summed E-state index contributed by atoms with van der Waals surface area (Å²) < 4.78 is 0. The number of pyridine rings is 2. The van der Waals surface area contributed by atoms with Crippen molar-refractivity contribution in [2.75, 3.05) is 49.2 Å². The standard InChI is InChI=1S/C24H32N8O2/c1-4-5-8-24(2,15-33)30-22-17-13-26-18(11-19(17)28-23(25)29-22)16-6-7-20(27-12-16)32-10-9-31(3)21(34)14-32/h6-7,11-13,33H,4-5,8-10,14-15H2,1-3H3,(H3,25,28,29,30)/t24-/m1/s1. The zero-order chi connectivity index (χ0) is 24.3. The molecular weight excluding hydrogens is 432 g/mol. The minimum Gasteiger partial charge on any atom is -0.394 e. The number of aromatic nitrogens is 4. The summed E-state index contributed by atoms with van der Waals surface area (Å²) in [4.78, 5) is 33.7. The van der Waals surface area contributed by atoms with Gasteiger partial charge < -0.3 is 26.0 Å². The van der Waals surface area contributed by atoms with E-state index in [9.17, 15) is 9.90 Å². The van der Waals surface area contributed by atoms with Gasteiger partial charge in [-0.15, -0.1) is 0 Å². The van der Waals surface area contributed by atoms with Gasteiger partial charge in [0.15, 0.2) is 0 Å². The van der Waals surface area contributed by atoms with Crippen LogP contribution in [0.15, 0.2) is 30.6 Å². The van der Waals surface area contributed by atoms with Gasteiger partial charge in [0.05, 0.1) is 35.3 Å². The quantitative estimate of drug-likeness (QED) is 0.459. The number of hydrogen-bond donors (Lipinski definition) is 3. The largest absolute Gasteiger partial charge is 0.394 e. The number of nitrogens with one attached hydrogen (secondary N) is 1. The van der Waals surface area contributed by atoms with Crippen LogP contribution in [0.25, 0.3) is 22.2 Å². The van der Waals surface area contributed by atoms with E-state index < -0.39 is 5.54 Å². The Morgan fingerprint density at radius 1 is 1.21 bits per heavy atom. The molecule has 1 atom stereocenters. The normalized spacial score (nSPS) is 16.1. The van der Waals surface area contributed by atoms with E-state index in [0.29, 0.717) is 30.1 Å². The number of rotatable bonds is 8. The summed E-state index contributed by atoms with van der Waals surface area (Å²) in [5.74, 6) is 1.56. The van der Waals surface area contributed by atoms with Gasteiger partial charge in [-0.2, -0.15) is 4.98 Å². The predicted octanol–water partition coefficient (Wildman–Crippen LogP) is 2.30. The molecule has 0 aromatic carbocycles. The molecule has 4 N–H and O–H groups in total. The van der Waals surface area contributed by atoms with Crippen molar-refractivity contribution in [3.8, 4) is 11.3 Å². The summed E-state index contributed by atoms with van der Waals surface area (Å²) in [6.45, 7) is 5.82. The van der Waals surface area contributed by atoms with Crippen LogP contribution in [0.1, 0.15) is 33.1 Å². The first-order chi connectivity index (χ1) is 16.3. The van der Waals surface area contributed by atoms with E-state index in [-0.39, 0.29) is 18.5 Å². The van der Waals surface area contributed by atoms with Crippen LogP contribution in [-0.2, 0) is 4.79 Å². The molecule has 4 rings (SSSR count). The molecule has 0 saturated carbocycles.